The summed E-state index contributed by atoms with van der Waals surface area (Å²) >= 11 is -3.37. The van der Waals surface area contributed by atoms with Gasteiger partial charge in [0, 0.05) is 0 Å². The molecule has 1 unspecified atom stereocenters. The summed E-state index contributed by atoms with van der Waals surface area (Å²) in [6, 6.07) is 0. The van der Waals surface area contributed by atoms with Crippen molar-refractivity contribution in [2.24, 2.45) is 0 Å². The van der Waals surface area contributed by atoms with E-state index in [-0.39, 0.29) is 0 Å². The first kappa shape index (κ1) is 8.29. The molecule has 0 bridgehead atoms. The Labute approximate surface area is 55.2 Å². The zero-order valence-corrected chi connectivity index (χ0v) is 6.79. The molecule has 0 amide bonds. The summed E-state index contributed by atoms with van der Waals surface area (Å²) < 4.78 is 18.9. The zero-order valence-electron chi connectivity index (χ0n) is 4.63. The lowest BCUT2D eigenvalue weighted by molar-refractivity contribution is 0.264. The smallest absolute Gasteiger partial charge is 0.336 e. The molecule has 0 heterocycles. The molecule has 0 spiro atoms. The van der Waals surface area contributed by atoms with E-state index in [9.17, 15) is 6.14 Å². The van der Waals surface area contributed by atoms with Gasteiger partial charge < -0.3 is 5.11 Å². The quantitative estimate of drug-likeness (QED) is 0.589. The Morgan fingerprint density at radius 1 is 1.62 bits per heavy atom. The van der Waals surface area contributed by atoms with Gasteiger partial charge in [-0.25, -0.2) is 6.14 Å². The van der Waals surface area contributed by atoms with Crippen molar-refractivity contribution in [2.75, 3.05) is 0 Å². The number of hydrogen-bond donors (Lipinski definition) is 1. The minimum Gasteiger partial charge on any atom is -0.377 e. The van der Waals surface area contributed by atoms with Crippen molar-refractivity contribution in [1.82, 2.24) is 0 Å². The molecule has 0 aliphatic heterocycles. The second-order valence-electron chi connectivity index (χ2n) is 1.46. The zero-order chi connectivity index (χ0) is 6.57. The molecule has 0 aliphatic rings. The van der Waals surface area contributed by atoms with E-state index in [4.69, 9.17) is 5.11 Å². The van der Waals surface area contributed by atoms with E-state index in [1.807, 2.05) is 6.92 Å². The summed E-state index contributed by atoms with van der Waals surface area (Å²) in [4.78, 5) is 0. The minimum atomic E-state index is -3.37. The van der Waals surface area contributed by atoms with E-state index in [0.29, 0.717) is 6.42 Å². The molecule has 0 aromatic carbocycles. The standard InChI is InChI=1S/C4H9IO3/c1-2-3-4(6)5(7)8/h4,6H,2-3H2,1H3. The van der Waals surface area contributed by atoms with Crippen LogP contribution in [0.15, 0.2) is 0 Å². The SMILES string of the molecule is CCCC(O)I(=O)=O. The van der Waals surface area contributed by atoms with Crippen LogP contribution in [0.25, 0.3) is 0 Å². The molecule has 0 saturated carbocycles. The average Bonchev–Trinajstić information content (AvgIpc) is 1.67. The highest BCUT2D eigenvalue weighted by molar-refractivity contribution is 14.2. The lowest BCUT2D eigenvalue weighted by Crippen LogP contribution is -1.94. The van der Waals surface area contributed by atoms with E-state index in [0.717, 1.165) is 6.42 Å². The third-order valence-electron chi connectivity index (χ3n) is 0.733. The van der Waals surface area contributed by atoms with Crippen LogP contribution in [0.1, 0.15) is 19.8 Å². The van der Waals surface area contributed by atoms with Crippen LogP contribution in [-0.4, -0.2) is 9.22 Å². The second kappa shape index (κ2) is 4.20. The number of halogens is 1. The molecular weight excluding hydrogens is 223 g/mol. The van der Waals surface area contributed by atoms with Gasteiger partial charge in [0.2, 0.25) is 0 Å². The van der Waals surface area contributed by atoms with Crippen LogP contribution < -0.4 is 0 Å². The molecule has 0 aromatic heterocycles. The lowest BCUT2D eigenvalue weighted by atomic mass is 10.4. The van der Waals surface area contributed by atoms with Gasteiger partial charge in [0.1, 0.15) is 0 Å². The molecule has 0 radical (unpaired) electrons. The van der Waals surface area contributed by atoms with Gasteiger partial charge >= 0.3 is 19.8 Å². The van der Waals surface area contributed by atoms with E-state index < -0.39 is 23.9 Å². The number of hydrogen-bond acceptors (Lipinski definition) is 3. The van der Waals surface area contributed by atoms with Gasteiger partial charge in [0.25, 0.3) is 0 Å². The van der Waals surface area contributed by atoms with Crippen LogP contribution in [0.3, 0.4) is 0 Å². The summed E-state index contributed by atoms with van der Waals surface area (Å²) in [5.41, 5.74) is 0. The molecular formula is C4H9IO3. The van der Waals surface area contributed by atoms with Crippen molar-refractivity contribution < 1.29 is 11.2 Å². The molecule has 3 nitrogen and oxygen atoms in total. The summed E-state index contributed by atoms with van der Waals surface area (Å²) in [7, 11) is 0. The Balaban J connectivity index is 3.48. The largest absolute Gasteiger partial charge is 0.377 e. The number of aliphatic hydroxyl groups excluding tert-OH is 1. The molecule has 50 valence electrons. The predicted molar refractivity (Wildman–Crippen MR) is 36.3 cm³/mol. The van der Waals surface area contributed by atoms with E-state index >= 15 is 0 Å². The first-order valence-electron chi connectivity index (χ1n) is 2.40. The van der Waals surface area contributed by atoms with Gasteiger partial charge in [0.15, 0.2) is 4.11 Å². The summed E-state index contributed by atoms with van der Waals surface area (Å²) in [6.45, 7) is 1.84. The van der Waals surface area contributed by atoms with Crippen LogP contribution in [0, 0.1) is 0 Å². The average molecular weight is 232 g/mol. The Morgan fingerprint density at radius 2 is 2.12 bits per heavy atom. The fourth-order valence-corrected chi connectivity index (χ4v) is 1.46. The molecule has 0 aromatic rings. The van der Waals surface area contributed by atoms with Gasteiger partial charge in [-0.2, -0.15) is 0 Å². The van der Waals surface area contributed by atoms with E-state index in [1.54, 1.807) is 0 Å². The van der Waals surface area contributed by atoms with Crippen LogP contribution in [0.4, 0.5) is 0 Å². The van der Waals surface area contributed by atoms with Gasteiger partial charge in [-0.15, -0.1) is 0 Å². The van der Waals surface area contributed by atoms with Crippen molar-refractivity contribution in [1.29, 1.82) is 0 Å². The van der Waals surface area contributed by atoms with Crippen molar-refractivity contribution in [2.45, 2.75) is 23.9 Å². The Hall–Kier alpha value is 0.290. The Bertz CT molecular complexity index is 110. The fraction of sp³-hybridized carbons (Fsp3) is 1.00. The van der Waals surface area contributed by atoms with E-state index in [2.05, 4.69) is 0 Å². The van der Waals surface area contributed by atoms with Gasteiger partial charge in [-0.3, -0.25) is 0 Å². The molecule has 8 heavy (non-hydrogen) atoms. The summed E-state index contributed by atoms with van der Waals surface area (Å²) in [5, 5.41) is 8.57. The highest BCUT2D eigenvalue weighted by Gasteiger charge is 2.05. The molecule has 0 saturated heterocycles. The van der Waals surface area contributed by atoms with Crippen molar-refractivity contribution >= 4 is 19.8 Å². The van der Waals surface area contributed by atoms with Crippen LogP contribution in [-0.2, 0) is 6.14 Å². The first-order valence-corrected chi connectivity index (χ1v) is 5.41. The van der Waals surface area contributed by atoms with Gasteiger partial charge in [-0.05, 0) is 6.42 Å². The lowest BCUT2D eigenvalue weighted by Gasteiger charge is -1.93. The van der Waals surface area contributed by atoms with E-state index in [1.165, 1.54) is 0 Å². The summed E-state index contributed by atoms with van der Waals surface area (Å²) in [5.74, 6) is 0. The third kappa shape index (κ3) is 3.31. The van der Waals surface area contributed by atoms with Gasteiger partial charge in [0.05, 0.1) is 0 Å². The number of rotatable bonds is 3. The predicted octanol–water partition coefficient (Wildman–Crippen LogP) is 1.30. The fourth-order valence-electron chi connectivity index (χ4n) is 0.327. The highest BCUT2D eigenvalue weighted by Crippen LogP contribution is 2.16. The van der Waals surface area contributed by atoms with Crippen molar-refractivity contribution in [3.05, 3.63) is 0 Å². The monoisotopic (exact) mass is 232 g/mol. The van der Waals surface area contributed by atoms with Crippen LogP contribution in [0.2, 0.25) is 0 Å². The van der Waals surface area contributed by atoms with Crippen LogP contribution in [0.5, 0.6) is 0 Å². The summed E-state index contributed by atoms with van der Waals surface area (Å²) in [6.07, 6.45) is 1.11. The first-order chi connectivity index (χ1) is 3.68. The normalized spacial score (nSPS) is 14.4. The second-order valence-corrected chi connectivity index (χ2v) is 4.28. The Kier molecular flexibility index (Phi) is 4.35. The number of aliphatic hydroxyl groups is 1. The van der Waals surface area contributed by atoms with Crippen LogP contribution >= 0.6 is 19.8 Å². The van der Waals surface area contributed by atoms with Crippen molar-refractivity contribution in [3.8, 4) is 0 Å². The van der Waals surface area contributed by atoms with Gasteiger partial charge in [-0.1, -0.05) is 13.3 Å². The maximum atomic E-state index is 9.97. The number of alkyl halides is 1. The molecule has 0 aliphatic carbocycles. The maximum absolute atomic E-state index is 9.97. The Morgan fingerprint density at radius 3 is 2.25 bits per heavy atom. The molecule has 4 heteroatoms. The third-order valence-corrected chi connectivity index (χ3v) is 2.53. The highest BCUT2D eigenvalue weighted by atomic mass is 127. The molecule has 0 rings (SSSR count). The molecule has 1 atom stereocenters. The minimum absolute atomic E-state index is 0.387. The molecule has 0 fully saturated rings. The topological polar surface area (TPSA) is 54.4 Å². The molecule has 1 N–H and O–H groups in total. The van der Waals surface area contributed by atoms with Crippen molar-refractivity contribution in [3.63, 3.8) is 0 Å². The maximum Gasteiger partial charge on any atom is 0.336 e.